The maximum absolute atomic E-state index is 12.6. The molecule has 0 aliphatic rings. The van der Waals surface area contributed by atoms with Crippen molar-refractivity contribution in [1.29, 1.82) is 0 Å². The number of aliphatic hydroxyl groups is 2. The number of carbonyl (C=O) groups excluding carboxylic acids is 1. The molecule has 12 heteroatoms. The van der Waals surface area contributed by atoms with Gasteiger partial charge in [0.05, 0.1) is 6.33 Å². The number of nitrogens with one attached hydrogen (secondary N) is 1. The third-order valence-electron chi connectivity index (χ3n) is 6.32. The number of carbonyl (C=O) groups is 1. The number of amides is 2. The Morgan fingerprint density at radius 2 is 1.81 bits per heavy atom. The molecule has 2 amide bonds. The number of hydrogen-bond acceptors (Lipinski definition) is 9. The van der Waals surface area contributed by atoms with E-state index >= 15 is 0 Å². The number of likely N-dealkylation sites (N-methyl/N-ethyl adjacent to an activating group) is 2. The van der Waals surface area contributed by atoms with Crippen LogP contribution in [0.2, 0.25) is 0 Å². The summed E-state index contributed by atoms with van der Waals surface area (Å²) in [4.78, 5) is 28.2. The summed E-state index contributed by atoms with van der Waals surface area (Å²) in [5, 5.41) is 24.5. The van der Waals surface area contributed by atoms with Crippen LogP contribution in [0.5, 0.6) is 0 Å². The molecule has 0 spiro atoms. The van der Waals surface area contributed by atoms with Crippen LogP contribution in [0, 0.1) is 0 Å². The van der Waals surface area contributed by atoms with E-state index in [1.165, 1.54) is 29.9 Å². The van der Waals surface area contributed by atoms with Gasteiger partial charge in [-0.25, -0.2) is 19.7 Å². The van der Waals surface area contributed by atoms with Crippen molar-refractivity contribution in [1.82, 2.24) is 29.3 Å². The maximum Gasteiger partial charge on any atom is 0.321 e. The molecule has 37 heavy (non-hydrogen) atoms. The smallest absolute Gasteiger partial charge is 0.321 e. The van der Waals surface area contributed by atoms with Gasteiger partial charge in [0, 0.05) is 39.5 Å². The number of hydrogen-bond donors (Lipinski definition) is 4. The van der Waals surface area contributed by atoms with Crippen LogP contribution in [0.25, 0.3) is 11.2 Å². The van der Waals surface area contributed by atoms with Crippen molar-refractivity contribution in [3.05, 3.63) is 42.5 Å². The number of benzene rings is 1. The van der Waals surface area contributed by atoms with Gasteiger partial charge >= 0.3 is 6.03 Å². The molecule has 202 valence electrons. The quantitative estimate of drug-likeness (QED) is 0.316. The van der Waals surface area contributed by atoms with Gasteiger partial charge in [0.15, 0.2) is 17.7 Å². The van der Waals surface area contributed by atoms with Crippen molar-refractivity contribution in [2.75, 3.05) is 51.9 Å². The lowest BCUT2D eigenvalue weighted by Crippen LogP contribution is -2.45. The Bertz CT molecular complexity index is 1180. The van der Waals surface area contributed by atoms with Gasteiger partial charge in [-0.15, -0.1) is 0 Å². The number of anilines is 2. The summed E-state index contributed by atoms with van der Waals surface area (Å²) in [5.74, 6) is 0.184. The van der Waals surface area contributed by atoms with Crippen molar-refractivity contribution in [3.8, 4) is 0 Å². The van der Waals surface area contributed by atoms with E-state index in [2.05, 4.69) is 41.0 Å². The van der Waals surface area contributed by atoms with Crippen LogP contribution in [-0.2, 0) is 10.2 Å². The molecule has 2 aromatic heterocycles. The SMILES string of the molecule is CO[C@H](CN(C)CCN(C)C(=O)Nc1ccc(C(C)(C)C)cc1)[C@@H](O)[C@@H](O)n1cnc2c(N)ncnc21. The third kappa shape index (κ3) is 6.92. The van der Waals surface area contributed by atoms with Gasteiger partial charge in [-0.1, -0.05) is 32.9 Å². The molecular weight excluding hydrogens is 476 g/mol. The second-order valence-corrected chi connectivity index (χ2v) is 10.2. The molecule has 1 aromatic carbocycles. The zero-order valence-electron chi connectivity index (χ0n) is 22.3. The van der Waals surface area contributed by atoms with Gasteiger partial charge in [-0.2, -0.15) is 0 Å². The Balaban J connectivity index is 1.52. The standard InChI is InChI=1S/C25H38N8O4/c1-25(2,3)16-7-9-17(10-8-16)30-24(36)32(5)12-11-31(4)13-18(37-6)20(34)23(35)33-15-29-19-21(26)27-14-28-22(19)33/h7-10,14-15,18,20,23,34-35H,11-13H2,1-6H3,(H,30,36)(H2,26,27,28)/t18-,20-,23-/m1/s1. The van der Waals surface area contributed by atoms with Gasteiger partial charge in [0.2, 0.25) is 0 Å². The molecule has 0 aliphatic heterocycles. The number of methoxy groups -OCH3 is 1. The number of aliphatic hydroxyl groups excluding tert-OH is 2. The fourth-order valence-electron chi connectivity index (χ4n) is 3.84. The number of fused-ring (bicyclic) bond motifs is 1. The lowest BCUT2D eigenvalue weighted by molar-refractivity contribution is -0.108. The highest BCUT2D eigenvalue weighted by Gasteiger charge is 2.30. The predicted molar refractivity (Wildman–Crippen MR) is 142 cm³/mol. The Hall–Kier alpha value is -3.32. The van der Waals surface area contributed by atoms with Gasteiger partial charge in [-0.05, 0) is 30.2 Å². The van der Waals surface area contributed by atoms with Crippen LogP contribution in [0.15, 0.2) is 36.9 Å². The lowest BCUT2D eigenvalue weighted by Gasteiger charge is -2.30. The van der Waals surface area contributed by atoms with E-state index in [1.807, 2.05) is 36.2 Å². The van der Waals surface area contributed by atoms with E-state index in [9.17, 15) is 15.0 Å². The van der Waals surface area contributed by atoms with Crippen molar-refractivity contribution in [2.24, 2.45) is 0 Å². The minimum Gasteiger partial charge on any atom is -0.386 e. The van der Waals surface area contributed by atoms with Crippen molar-refractivity contribution >= 4 is 28.7 Å². The van der Waals surface area contributed by atoms with Gasteiger partial charge in [0.25, 0.3) is 0 Å². The zero-order valence-corrected chi connectivity index (χ0v) is 22.3. The lowest BCUT2D eigenvalue weighted by atomic mass is 9.87. The normalized spacial score (nSPS) is 14.5. The molecule has 5 N–H and O–H groups in total. The van der Waals surface area contributed by atoms with Crippen LogP contribution < -0.4 is 11.1 Å². The van der Waals surface area contributed by atoms with E-state index in [0.29, 0.717) is 30.8 Å². The molecule has 0 radical (unpaired) electrons. The number of ether oxygens (including phenoxy) is 1. The minimum absolute atomic E-state index is 0.0442. The summed E-state index contributed by atoms with van der Waals surface area (Å²) in [6, 6.07) is 7.62. The highest BCUT2D eigenvalue weighted by molar-refractivity contribution is 5.89. The van der Waals surface area contributed by atoms with Gasteiger partial charge in [-0.3, -0.25) is 4.57 Å². The molecular formula is C25H38N8O4. The largest absolute Gasteiger partial charge is 0.386 e. The fraction of sp³-hybridized carbons (Fsp3) is 0.520. The Morgan fingerprint density at radius 1 is 1.14 bits per heavy atom. The Kier molecular flexibility index (Phi) is 9.02. The fourth-order valence-corrected chi connectivity index (χ4v) is 3.84. The molecule has 0 bridgehead atoms. The summed E-state index contributed by atoms with van der Waals surface area (Å²) in [6.07, 6.45) is -0.750. The average molecular weight is 515 g/mol. The van der Waals surface area contributed by atoms with E-state index < -0.39 is 18.4 Å². The number of nitrogen functional groups attached to an aromatic ring is 1. The Morgan fingerprint density at radius 3 is 2.43 bits per heavy atom. The van der Waals surface area contributed by atoms with Crippen LogP contribution in [0.4, 0.5) is 16.3 Å². The average Bonchev–Trinajstić information content (AvgIpc) is 3.30. The molecule has 0 saturated heterocycles. The topological polar surface area (TPSA) is 155 Å². The van der Waals surface area contributed by atoms with Crippen LogP contribution >= 0.6 is 0 Å². The predicted octanol–water partition coefficient (Wildman–Crippen LogP) is 1.67. The highest BCUT2D eigenvalue weighted by atomic mass is 16.5. The van der Waals surface area contributed by atoms with Crippen LogP contribution in [0.3, 0.4) is 0 Å². The second kappa shape index (κ2) is 11.8. The maximum atomic E-state index is 12.6. The van der Waals surface area contributed by atoms with E-state index in [-0.39, 0.29) is 17.3 Å². The number of nitrogens with two attached hydrogens (primary N) is 1. The minimum atomic E-state index is -1.37. The number of nitrogens with zero attached hydrogens (tertiary/aromatic N) is 6. The Labute approximate surface area is 217 Å². The van der Waals surface area contributed by atoms with Crippen molar-refractivity contribution in [3.63, 3.8) is 0 Å². The molecule has 0 fully saturated rings. The molecule has 0 aliphatic carbocycles. The van der Waals surface area contributed by atoms with E-state index in [0.717, 1.165) is 5.69 Å². The number of aromatic nitrogens is 4. The number of imidazole rings is 1. The second-order valence-electron chi connectivity index (χ2n) is 10.2. The first-order valence-electron chi connectivity index (χ1n) is 12.1. The van der Waals surface area contributed by atoms with E-state index in [1.54, 1.807) is 11.9 Å². The summed E-state index contributed by atoms with van der Waals surface area (Å²) in [5.41, 5.74) is 8.42. The first kappa shape index (κ1) is 28.3. The number of rotatable bonds is 10. The molecule has 2 heterocycles. The van der Waals surface area contributed by atoms with Crippen LogP contribution in [-0.4, -0.2) is 98.6 Å². The van der Waals surface area contributed by atoms with Crippen molar-refractivity contribution < 1.29 is 19.7 Å². The van der Waals surface area contributed by atoms with Crippen LogP contribution in [0.1, 0.15) is 32.6 Å². The van der Waals surface area contributed by atoms with Gasteiger partial charge in [0.1, 0.15) is 24.1 Å². The monoisotopic (exact) mass is 514 g/mol. The highest BCUT2D eigenvalue weighted by Crippen LogP contribution is 2.24. The first-order chi connectivity index (χ1) is 17.4. The summed E-state index contributed by atoms with van der Waals surface area (Å²) < 4.78 is 6.80. The summed E-state index contributed by atoms with van der Waals surface area (Å²) in [6.45, 7) is 7.70. The van der Waals surface area contributed by atoms with E-state index in [4.69, 9.17) is 10.5 Å². The zero-order chi connectivity index (χ0) is 27.3. The molecule has 12 nitrogen and oxygen atoms in total. The van der Waals surface area contributed by atoms with Crippen molar-refractivity contribution in [2.45, 2.75) is 44.6 Å². The molecule has 0 unspecified atom stereocenters. The molecule has 0 saturated carbocycles. The third-order valence-corrected chi connectivity index (χ3v) is 6.32. The number of urea groups is 1. The molecule has 3 aromatic rings. The summed E-state index contributed by atoms with van der Waals surface area (Å²) >= 11 is 0. The van der Waals surface area contributed by atoms with Gasteiger partial charge < -0.3 is 35.8 Å². The first-order valence-corrected chi connectivity index (χ1v) is 12.1. The molecule has 3 rings (SSSR count). The summed E-state index contributed by atoms with van der Waals surface area (Å²) in [7, 11) is 5.03. The molecule has 3 atom stereocenters.